The largest absolute Gasteiger partial charge is 0.352 e. The summed E-state index contributed by atoms with van der Waals surface area (Å²) in [5, 5.41) is 0. The second-order valence-electron chi connectivity index (χ2n) is 6.81. The molecule has 1 aliphatic rings. The van der Waals surface area contributed by atoms with Gasteiger partial charge in [-0.05, 0) is 54.3 Å². The zero-order valence-electron chi connectivity index (χ0n) is 15.6. The Labute approximate surface area is 155 Å². The van der Waals surface area contributed by atoms with Gasteiger partial charge in [0.2, 0.25) is 0 Å². The van der Waals surface area contributed by atoms with Crippen molar-refractivity contribution in [2.45, 2.75) is 32.9 Å². The highest BCUT2D eigenvalue weighted by atomic mass is 16.5. The second kappa shape index (κ2) is 7.38. The number of nitrogens with zero attached hydrogens (tertiary/aromatic N) is 2. The quantitative estimate of drug-likeness (QED) is 0.636. The van der Waals surface area contributed by atoms with Crippen LogP contribution in [-0.4, -0.2) is 17.7 Å². The van der Waals surface area contributed by atoms with Gasteiger partial charge in [-0.15, -0.1) is 0 Å². The summed E-state index contributed by atoms with van der Waals surface area (Å²) in [5.74, 6) is 0. The van der Waals surface area contributed by atoms with E-state index in [-0.39, 0.29) is 6.23 Å². The highest BCUT2D eigenvalue weighted by molar-refractivity contribution is 5.50. The molecule has 0 aliphatic carbocycles. The van der Waals surface area contributed by atoms with Gasteiger partial charge in [-0.3, -0.25) is 0 Å². The lowest BCUT2D eigenvalue weighted by Gasteiger charge is -2.24. The van der Waals surface area contributed by atoms with Crippen LogP contribution >= 0.6 is 0 Å². The molecule has 0 amide bonds. The van der Waals surface area contributed by atoms with Crippen molar-refractivity contribution in [3.8, 4) is 5.69 Å². The van der Waals surface area contributed by atoms with Gasteiger partial charge in [-0.25, -0.2) is 0 Å². The van der Waals surface area contributed by atoms with Crippen molar-refractivity contribution in [1.82, 2.24) is 4.57 Å². The summed E-state index contributed by atoms with van der Waals surface area (Å²) in [6, 6.07) is 19.8. The Morgan fingerprint density at radius 2 is 1.46 bits per heavy atom. The van der Waals surface area contributed by atoms with Crippen LogP contribution in [-0.2, 0) is 17.6 Å². The van der Waals surface area contributed by atoms with Crippen molar-refractivity contribution in [3.63, 3.8) is 0 Å². The maximum Gasteiger partial charge on any atom is 0.158 e. The van der Waals surface area contributed by atoms with Crippen LogP contribution in [0.1, 0.15) is 36.8 Å². The van der Waals surface area contributed by atoms with E-state index < -0.39 is 0 Å². The molecule has 3 aromatic rings. The molecule has 1 saturated heterocycles. The van der Waals surface area contributed by atoms with E-state index in [2.05, 4.69) is 90.3 Å². The fraction of sp³-hybridized carbons (Fsp3) is 0.304. The molecule has 0 spiro atoms. The number of aryl methyl sites for hydroxylation is 2. The highest BCUT2D eigenvalue weighted by Crippen LogP contribution is 2.33. The lowest BCUT2D eigenvalue weighted by atomic mass is 10.1. The topological polar surface area (TPSA) is 17.4 Å². The average Bonchev–Trinajstić information content (AvgIpc) is 3.37. The SMILES string of the molecule is CCc1ccc(N2CCO[C@@H]2c2ccn(-c3ccc(CC)cc3)c2)cc1. The standard InChI is InChI=1S/C23H26N2O/c1-3-18-5-9-21(10-6-18)24-14-13-20(17-24)23-25(15-16-26-23)22-11-7-19(4-2)8-12-22/h5-14,17,23H,3-4,15-16H2,1-2H3/t23-/m1/s1. The third-order valence-corrected chi connectivity index (χ3v) is 5.21. The van der Waals surface area contributed by atoms with E-state index in [1.165, 1.54) is 28.1 Å². The van der Waals surface area contributed by atoms with Gasteiger partial charge in [0.05, 0.1) is 6.61 Å². The summed E-state index contributed by atoms with van der Waals surface area (Å²) in [7, 11) is 0. The van der Waals surface area contributed by atoms with Crippen LogP contribution in [0.2, 0.25) is 0 Å². The first-order valence-corrected chi connectivity index (χ1v) is 9.53. The van der Waals surface area contributed by atoms with Crippen molar-refractivity contribution < 1.29 is 4.74 Å². The van der Waals surface area contributed by atoms with E-state index in [1.54, 1.807) is 0 Å². The van der Waals surface area contributed by atoms with E-state index >= 15 is 0 Å². The van der Waals surface area contributed by atoms with E-state index in [1.807, 2.05) is 0 Å². The van der Waals surface area contributed by atoms with Crippen LogP contribution in [0.3, 0.4) is 0 Å². The molecular formula is C23H26N2O. The van der Waals surface area contributed by atoms with Gasteiger partial charge in [0, 0.05) is 35.9 Å². The van der Waals surface area contributed by atoms with E-state index in [9.17, 15) is 0 Å². The monoisotopic (exact) mass is 346 g/mol. The molecule has 134 valence electrons. The first-order chi connectivity index (χ1) is 12.8. The molecule has 0 unspecified atom stereocenters. The summed E-state index contributed by atoms with van der Waals surface area (Å²) >= 11 is 0. The molecule has 26 heavy (non-hydrogen) atoms. The number of hydrogen-bond donors (Lipinski definition) is 0. The van der Waals surface area contributed by atoms with Crippen molar-refractivity contribution >= 4 is 5.69 Å². The second-order valence-corrected chi connectivity index (χ2v) is 6.81. The molecule has 3 heteroatoms. The molecule has 1 fully saturated rings. The zero-order chi connectivity index (χ0) is 17.9. The predicted octanol–water partition coefficient (Wildman–Crippen LogP) is 5.14. The fourth-order valence-electron chi connectivity index (χ4n) is 3.56. The number of hydrogen-bond acceptors (Lipinski definition) is 2. The number of aromatic nitrogens is 1. The summed E-state index contributed by atoms with van der Waals surface area (Å²) in [5.41, 5.74) is 6.34. The highest BCUT2D eigenvalue weighted by Gasteiger charge is 2.27. The molecule has 2 aromatic carbocycles. The predicted molar refractivity (Wildman–Crippen MR) is 107 cm³/mol. The number of anilines is 1. The van der Waals surface area contributed by atoms with Crippen LogP contribution in [0.4, 0.5) is 5.69 Å². The molecule has 3 nitrogen and oxygen atoms in total. The average molecular weight is 346 g/mol. The van der Waals surface area contributed by atoms with Gasteiger partial charge < -0.3 is 14.2 Å². The van der Waals surface area contributed by atoms with Crippen molar-refractivity contribution in [1.29, 1.82) is 0 Å². The Morgan fingerprint density at radius 1 is 0.846 bits per heavy atom. The minimum Gasteiger partial charge on any atom is -0.352 e. The molecule has 1 atom stereocenters. The minimum absolute atomic E-state index is 0.0151. The minimum atomic E-state index is -0.0151. The van der Waals surface area contributed by atoms with Crippen molar-refractivity contribution in [3.05, 3.63) is 83.7 Å². The van der Waals surface area contributed by atoms with Crippen LogP contribution < -0.4 is 4.90 Å². The third-order valence-electron chi connectivity index (χ3n) is 5.21. The van der Waals surface area contributed by atoms with Crippen LogP contribution in [0.25, 0.3) is 5.69 Å². The lowest BCUT2D eigenvalue weighted by molar-refractivity contribution is 0.114. The van der Waals surface area contributed by atoms with Gasteiger partial charge in [-0.1, -0.05) is 38.1 Å². The molecule has 0 radical (unpaired) electrons. The zero-order valence-corrected chi connectivity index (χ0v) is 15.6. The first kappa shape index (κ1) is 16.9. The van der Waals surface area contributed by atoms with Gasteiger partial charge in [0.25, 0.3) is 0 Å². The molecule has 0 bridgehead atoms. The maximum absolute atomic E-state index is 6.06. The normalized spacial score (nSPS) is 17.0. The van der Waals surface area contributed by atoms with Crippen LogP contribution in [0.5, 0.6) is 0 Å². The molecule has 1 aromatic heterocycles. The van der Waals surface area contributed by atoms with E-state index in [0.717, 1.165) is 26.0 Å². The van der Waals surface area contributed by atoms with Gasteiger partial charge in [0.15, 0.2) is 6.23 Å². The Kier molecular flexibility index (Phi) is 4.81. The fourth-order valence-corrected chi connectivity index (χ4v) is 3.56. The molecule has 1 aliphatic heterocycles. The van der Waals surface area contributed by atoms with E-state index in [0.29, 0.717) is 0 Å². The number of ether oxygens (including phenoxy) is 1. The van der Waals surface area contributed by atoms with Gasteiger partial charge in [0.1, 0.15) is 0 Å². The lowest BCUT2D eigenvalue weighted by Crippen LogP contribution is -2.22. The Balaban J connectivity index is 1.57. The molecule has 0 saturated carbocycles. The molecule has 0 N–H and O–H groups in total. The Hall–Kier alpha value is -2.52. The molecular weight excluding hydrogens is 320 g/mol. The third kappa shape index (κ3) is 3.27. The van der Waals surface area contributed by atoms with E-state index in [4.69, 9.17) is 4.74 Å². The van der Waals surface area contributed by atoms with Crippen molar-refractivity contribution in [2.24, 2.45) is 0 Å². The van der Waals surface area contributed by atoms with Crippen molar-refractivity contribution in [2.75, 3.05) is 18.1 Å². The summed E-state index contributed by atoms with van der Waals surface area (Å²) in [6.45, 7) is 6.05. The number of benzene rings is 2. The van der Waals surface area contributed by atoms with Crippen LogP contribution in [0, 0.1) is 0 Å². The Morgan fingerprint density at radius 3 is 2.08 bits per heavy atom. The smallest absolute Gasteiger partial charge is 0.158 e. The van der Waals surface area contributed by atoms with Gasteiger partial charge >= 0.3 is 0 Å². The summed E-state index contributed by atoms with van der Waals surface area (Å²) in [6.07, 6.45) is 6.43. The molecule has 2 heterocycles. The van der Waals surface area contributed by atoms with Crippen LogP contribution in [0.15, 0.2) is 67.0 Å². The summed E-state index contributed by atoms with van der Waals surface area (Å²) in [4.78, 5) is 2.35. The summed E-state index contributed by atoms with van der Waals surface area (Å²) < 4.78 is 8.24. The Bertz CT molecular complexity index is 849. The first-order valence-electron chi connectivity index (χ1n) is 9.53. The number of rotatable bonds is 5. The maximum atomic E-state index is 6.06. The van der Waals surface area contributed by atoms with Gasteiger partial charge in [-0.2, -0.15) is 0 Å². The molecule has 4 rings (SSSR count).